The summed E-state index contributed by atoms with van der Waals surface area (Å²) in [5.41, 5.74) is -0.365. The molecule has 136 valence electrons. The molecule has 0 aromatic rings. The van der Waals surface area contributed by atoms with E-state index in [9.17, 15) is 14.4 Å². The van der Waals surface area contributed by atoms with Crippen LogP contribution in [0.25, 0.3) is 0 Å². The van der Waals surface area contributed by atoms with E-state index >= 15 is 0 Å². The van der Waals surface area contributed by atoms with Crippen LogP contribution < -0.4 is 0 Å². The highest BCUT2D eigenvalue weighted by Crippen LogP contribution is 2.54. The lowest BCUT2D eigenvalue weighted by Gasteiger charge is -2.40. The van der Waals surface area contributed by atoms with Crippen LogP contribution in [0.4, 0.5) is 0 Å². The molecular weight excluding hydrogens is 320 g/mol. The third kappa shape index (κ3) is 2.55. The van der Waals surface area contributed by atoms with E-state index in [2.05, 4.69) is 6.92 Å². The summed E-state index contributed by atoms with van der Waals surface area (Å²) >= 11 is 0. The van der Waals surface area contributed by atoms with Crippen molar-refractivity contribution in [2.45, 2.75) is 53.2 Å². The zero-order valence-electron chi connectivity index (χ0n) is 15.4. The summed E-state index contributed by atoms with van der Waals surface area (Å²) in [6.45, 7) is 9.20. The number of hydrogen-bond acceptors (Lipinski definition) is 5. The molecular formula is C20H26O5. The predicted molar refractivity (Wildman–Crippen MR) is 91.4 cm³/mol. The van der Waals surface area contributed by atoms with Gasteiger partial charge in [-0.15, -0.1) is 0 Å². The average molecular weight is 346 g/mol. The van der Waals surface area contributed by atoms with Gasteiger partial charge in [0.25, 0.3) is 0 Å². The molecule has 1 saturated heterocycles. The van der Waals surface area contributed by atoms with E-state index in [1.54, 1.807) is 32.9 Å². The van der Waals surface area contributed by atoms with Gasteiger partial charge in [0.15, 0.2) is 5.78 Å². The summed E-state index contributed by atoms with van der Waals surface area (Å²) in [5.74, 6) is -1.32. The first-order chi connectivity index (χ1) is 11.7. The van der Waals surface area contributed by atoms with Crippen molar-refractivity contribution in [1.29, 1.82) is 0 Å². The van der Waals surface area contributed by atoms with Crippen molar-refractivity contribution < 1.29 is 23.9 Å². The largest absolute Gasteiger partial charge is 0.462 e. The number of ether oxygens (including phenoxy) is 2. The van der Waals surface area contributed by atoms with Gasteiger partial charge >= 0.3 is 11.9 Å². The molecule has 5 heteroatoms. The number of esters is 2. The molecule has 0 radical (unpaired) electrons. The zero-order chi connectivity index (χ0) is 18.5. The number of allylic oxidation sites excluding steroid dienone is 3. The van der Waals surface area contributed by atoms with Crippen molar-refractivity contribution in [1.82, 2.24) is 0 Å². The topological polar surface area (TPSA) is 69.7 Å². The van der Waals surface area contributed by atoms with Crippen LogP contribution in [0.5, 0.6) is 0 Å². The Morgan fingerprint density at radius 2 is 2.04 bits per heavy atom. The molecule has 3 aliphatic rings. The molecule has 3 rings (SSSR count). The van der Waals surface area contributed by atoms with E-state index in [0.717, 1.165) is 0 Å². The van der Waals surface area contributed by atoms with E-state index in [1.165, 1.54) is 0 Å². The minimum atomic E-state index is -0.856. The van der Waals surface area contributed by atoms with Crippen LogP contribution in [0.3, 0.4) is 0 Å². The molecule has 25 heavy (non-hydrogen) atoms. The first kappa shape index (κ1) is 17.9. The first-order valence-electron chi connectivity index (χ1n) is 8.98. The van der Waals surface area contributed by atoms with Gasteiger partial charge < -0.3 is 9.47 Å². The summed E-state index contributed by atoms with van der Waals surface area (Å²) in [5, 5.41) is 0. The van der Waals surface area contributed by atoms with Gasteiger partial charge in [0.2, 0.25) is 0 Å². The van der Waals surface area contributed by atoms with Gasteiger partial charge in [-0.1, -0.05) is 26.0 Å². The maximum Gasteiger partial charge on any atom is 0.333 e. The van der Waals surface area contributed by atoms with Crippen LogP contribution in [-0.2, 0) is 23.9 Å². The lowest BCUT2D eigenvalue weighted by Crippen LogP contribution is -2.50. The Hall–Kier alpha value is -1.91. The fourth-order valence-corrected chi connectivity index (χ4v) is 4.76. The van der Waals surface area contributed by atoms with Gasteiger partial charge in [-0.2, -0.15) is 0 Å². The van der Waals surface area contributed by atoms with E-state index in [-0.39, 0.29) is 35.6 Å². The quantitative estimate of drug-likeness (QED) is 0.568. The Balaban J connectivity index is 2.07. The molecule has 5 nitrogen and oxygen atoms in total. The minimum Gasteiger partial charge on any atom is -0.462 e. The molecule has 0 amide bonds. The molecule has 1 aliphatic heterocycles. The summed E-state index contributed by atoms with van der Waals surface area (Å²) in [6, 6.07) is 0. The van der Waals surface area contributed by atoms with Crippen LogP contribution in [-0.4, -0.2) is 29.9 Å². The number of ketones is 1. The molecule has 0 spiro atoms. The molecule has 0 aromatic heterocycles. The Kier molecular flexibility index (Phi) is 4.38. The minimum absolute atomic E-state index is 0.0276. The molecule has 1 heterocycles. The fourth-order valence-electron chi connectivity index (χ4n) is 4.76. The monoisotopic (exact) mass is 346 g/mol. The third-order valence-electron chi connectivity index (χ3n) is 6.47. The molecule has 0 unspecified atom stereocenters. The molecule has 7 atom stereocenters. The fraction of sp³-hybridized carbons (Fsp3) is 0.650. The number of hydrogen-bond donors (Lipinski definition) is 0. The lowest BCUT2D eigenvalue weighted by atomic mass is 9.66. The molecule has 1 saturated carbocycles. The maximum absolute atomic E-state index is 12.8. The first-order valence-corrected chi connectivity index (χ1v) is 8.98. The smallest absolute Gasteiger partial charge is 0.333 e. The van der Waals surface area contributed by atoms with Crippen molar-refractivity contribution in [3.8, 4) is 0 Å². The standard InChI is InChI=1S/C20H26O5/c1-6-10(2)18(22)25-17-16-12(4)19(23)24-14(16)9-11(3)13-7-8-15(21)20(13,17)5/h6-8,11-14,16-17H,9H2,1-5H3/b10-6-/t11-,12-,13+,14-,16-,17+,20+/m1/s1. The summed E-state index contributed by atoms with van der Waals surface area (Å²) in [4.78, 5) is 37.5. The van der Waals surface area contributed by atoms with E-state index in [1.807, 2.05) is 13.0 Å². The number of carbonyl (C=O) groups excluding carboxylic acids is 3. The second kappa shape index (κ2) is 6.11. The van der Waals surface area contributed by atoms with Crippen molar-refractivity contribution in [2.75, 3.05) is 0 Å². The van der Waals surface area contributed by atoms with Gasteiger partial charge in [-0.05, 0) is 45.1 Å². The van der Waals surface area contributed by atoms with Crippen LogP contribution in [0.1, 0.15) is 41.0 Å². The van der Waals surface area contributed by atoms with Crippen LogP contribution >= 0.6 is 0 Å². The summed E-state index contributed by atoms with van der Waals surface area (Å²) < 4.78 is 11.5. The van der Waals surface area contributed by atoms with Gasteiger partial charge in [0.1, 0.15) is 12.2 Å². The second-order valence-corrected chi connectivity index (χ2v) is 7.88. The Labute approximate surface area is 148 Å². The highest BCUT2D eigenvalue weighted by atomic mass is 16.6. The Bertz CT molecular complexity index is 676. The maximum atomic E-state index is 12.8. The average Bonchev–Trinajstić information content (AvgIpc) is 2.99. The predicted octanol–water partition coefficient (Wildman–Crippen LogP) is 2.84. The molecule has 2 aliphatic carbocycles. The second-order valence-electron chi connectivity index (χ2n) is 7.88. The van der Waals surface area contributed by atoms with Gasteiger partial charge in [-0.3, -0.25) is 9.59 Å². The molecule has 2 fully saturated rings. The van der Waals surface area contributed by atoms with E-state index < -0.39 is 23.4 Å². The SMILES string of the molecule is C/C=C(/C)C(=O)O[C@H]1[C@H]2[C@@H](C[C@@H](C)[C@@H]3C=CC(=O)[C@]31C)OC(=O)[C@@H]2C. The van der Waals surface area contributed by atoms with Crippen LogP contribution in [0.15, 0.2) is 23.8 Å². The van der Waals surface area contributed by atoms with Crippen LogP contribution in [0.2, 0.25) is 0 Å². The van der Waals surface area contributed by atoms with Gasteiger partial charge in [0.05, 0.1) is 11.3 Å². The Morgan fingerprint density at radius 1 is 1.36 bits per heavy atom. The van der Waals surface area contributed by atoms with E-state index in [4.69, 9.17) is 9.47 Å². The number of rotatable bonds is 2. The summed E-state index contributed by atoms with van der Waals surface area (Å²) in [7, 11) is 0. The number of carbonyl (C=O) groups is 3. The van der Waals surface area contributed by atoms with Gasteiger partial charge in [-0.25, -0.2) is 4.79 Å². The normalized spacial score (nSPS) is 43.3. The van der Waals surface area contributed by atoms with Gasteiger partial charge in [0, 0.05) is 11.5 Å². The number of fused-ring (bicyclic) bond motifs is 2. The summed E-state index contributed by atoms with van der Waals surface area (Å²) in [6.07, 6.45) is 4.91. The zero-order valence-corrected chi connectivity index (χ0v) is 15.4. The highest BCUT2D eigenvalue weighted by molar-refractivity contribution is 5.99. The Morgan fingerprint density at radius 3 is 2.68 bits per heavy atom. The van der Waals surface area contributed by atoms with Crippen molar-refractivity contribution in [2.24, 2.45) is 29.1 Å². The van der Waals surface area contributed by atoms with Crippen molar-refractivity contribution in [3.05, 3.63) is 23.8 Å². The molecule has 0 aromatic carbocycles. The highest BCUT2D eigenvalue weighted by Gasteiger charge is 2.62. The van der Waals surface area contributed by atoms with E-state index in [0.29, 0.717) is 12.0 Å². The van der Waals surface area contributed by atoms with Crippen molar-refractivity contribution in [3.63, 3.8) is 0 Å². The third-order valence-corrected chi connectivity index (χ3v) is 6.47. The van der Waals surface area contributed by atoms with Crippen molar-refractivity contribution >= 4 is 17.7 Å². The molecule has 0 bridgehead atoms. The molecule has 0 N–H and O–H groups in total. The van der Waals surface area contributed by atoms with Crippen LogP contribution in [0, 0.1) is 29.1 Å². The lowest BCUT2D eigenvalue weighted by molar-refractivity contribution is -0.163.